The van der Waals surface area contributed by atoms with Gasteiger partial charge in [0.05, 0.1) is 0 Å². The molecule has 5 nitrogen and oxygen atoms in total. The number of aromatic nitrogens is 1. The lowest BCUT2D eigenvalue weighted by Crippen LogP contribution is -2.36. The van der Waals surface area contributed by atoms with Crippen molar-refractivity contribution in [3.63, 3.8) is 0 Å². The van der Waals surface area contributed by atoms with E-state index in [1.807, 2.05) is 12.1 Å². The summed E-state index contributed by atoms with van der Waals surface area (Å²) >= 11 is 0. The van der Waals surface area contributed by atoms with E-state index in [1.165, 1.54) is 35.7 Å². The van der Waals surface area contributed by atoms with Crippen molar-refractivity contribution in [2.24, 2.45) is 0 Å². The van der Waals surface area contributed by atoms with Gasteiger partial charge in [-0.1, -0.05) is 43.5 Å². The van der Waals surface area contributed by atoms with E-state index in [-0.39, 0.29) is 18.6 Å². The third-order valence-electron chi connectivity index (χ3n) is 6.69. The molecule has 5 rings (SSSR count). The molecule has 1 amide bonds. The van der Waals surface area contributed by atoms with Crippen LogP contribution < -0.4 is 14.8 Å². The summed E-state index contributed by atoms with van der Waals surface area (Å²) in [6, 6.07) is 14.9. The Morgan fingerprint density at radius 2 is 1.90 bits per heavy atom. The first-order chi connectivity index (χ1) is 15.2. The minimum Gasteiger partial charge on any atom is -0.454 e. The van der Waals surface area contributed by atoms with E-state index in [0.29, 0.717) is 12.5 Å². The number of amides is 1. The van der Waals surface area contributed by atoms with Crippen LogP contribution in [0.15, 0.2) is 48.7 Å². The number of rotatable bonds is 6. The average molecular weight is 419 g/mol. The molecule has 1 aromatic heterocycles. The summed E-state index contributed by atoms with van der Waals surface area (Å²) in [5.41, 5.74) is 3.48. The largest absolute Gasteiger partial charge is 0.454 e. The molecule has 1 unspecified atom stereocenters. The third-order valence-corrected chi connectivity index (χ3v) is 6.69. The van der Waals surface area contributed by atoms with E-state index >= 15 is 0 Å². The fourth-order valence-corrected chi connectivity index (χ4v) is 5.07. The molecule has 1 aliphatic carbocycles. The van der Waals surface area contributed by atoms with Crippen LogP contribution in [0.3, 0.4) is 0 Å². The minimum atomic E-state index is -0.0456. The zero-order chi connectivity index (χ0) is 21.2. The number of carbonyl (C=O) groups excluding carboxylic acids is 1. The van der Waals surface area contributed by atoms with Crippen LogP contribution in [0.25, 0.3) is 10.9 Å². The highest BCUT2D eigenvalue weighted by Crippen LogP contribution is 2.40. The van der Waals surface area contributed by atoms with E-state index in [1.54, 1.807) is 0 Å². The Bertz CT molecular complexity index is 1080. The van der Waals surface area contributed by atoms with Gasteiger partial charge in [0.1, 0.15) is 0 Å². The van der Waals surface area contributed by atoms with E-state index in [4.69, 9.17) is 9.47 Å². The summed E-state index contributed by atoms with van der Waals surface area (Å²) in [5.74, 6) is 1.61. The maximum Gasteiger partial charge on any atom is 0.231 e. The van der Waals surface area contributed by atoms with Crippen LogP contribution in [0.5, 0.6) is 11.5 Å². The molecule has 2 aromatic carbocycles. The minimum absolute atomic E-state index is 0.0456. The molecule has 0 radical (unpaired) electrons. The highest BCUT2D eigenvalue weighted by atomic mass is 16.7. The van der Waals surface area contributed by atoms with Gasteiger partial charge in [-0.3, -0.25) is 4.79 Å². The molecule has 0 saturated heterocycles. The molecule has 2 aliphatic rings. The number of fused-ring (bicyclic) bond motifs is 2. The molecule has 0 spiro atoms. The van der Waals surface area contributed by atoms with Crippen molar-refractivity contribution in [2.75, 3.05) is 6.79 Å². The molecule has 5 heteroatoms. The Morgan fingerprint density at radius 1 is 1.10 bits per heavy atom. The van der Waals surface area contributed by atoms with Gasteiger partial charge in [0.25, 0.3) is 0 Å². The Balaban J connectivity index is 1.51. The summed E-state index contributed by atoms with van der Waals surface area (Å²) < 4.78 is 13.4. The van der Waals surface area contributed by atoms with Crippen LogP contribution in [0.4, 0.5) is 0 Å². The summed E-state index contributed by atoms with van der Waals surface area (Å²) in [7, 11) is 0. The van der Waals surface area contributed by atoms with Crippen LogP contribution in [0.2, 0.25) is 0 Å². The zero-order valence-corrected chi connectivity index (χ0v) is 18.1. The second-order valence-electron chi connectivity index (χ2n) is 8.66. The van der Waals surface area contributed by atoms with Crippen LogP contribution in [-0.4, -0.2) is 23.3 Å². The number of nitrogens with zero attached hydrogens (tertiary/aromatic N) is 1. The Morgan fingerprint density at radius 3 is 2.74 bits per heavy atom. The molecule has 31 heavy (non-hydrogen) atoms. The molecular weight excluding hydrogens is 388 g/mol. The van der Waals surface area contributed by atoms with E-state index < -0.39 is 0 Å². The molecule has 2 heterocycles. The zero-order valence-electron chi connectivity index (χ0n) is 18.1. The normalized spacial score (nSPS) is 17.1. The highest BCUT2D eigenvalue weighted by Gasteiger charge is 2.26. The molecule has 1 atom stereocenters. The first kappa shape index (κ1) is 20.0. The molecule has 162 valence electrons. The lowest BCUT2D eigenvalue weighted by atomic mass is 9.87. The molecule has 3 aromatic rings. The van der Waals surface area contributed by atoms with Crippen molar-refractivity contribution >= 4 is 16.8 Å². The average Bonchev–Trinajstić information content (AvgIpc) is 3.42. The van der Waals surface area contributed by atoms with Crippen molar-refractivity contribution in [1.82, 2.24) is 9.88 Å². The van der Waals surface area contributed by atoms with Gasteiger partial charge >= 0.3 is 0 Å². The highest BCUT2D eigenvalue weighted by molar-refractivity contribution is 5.86. The maximum atomic E-state index is 13.1. The van der Waals surface area contributed by atoms with Gasteiger partial charge in [-0.2, -0.15) is 0 Å². The predicted molar refractivity (Wildman–Crippen MR) is 122 cm³/mol. The van der Waals surface area contributed by atoms with Gasteiger partial charge in [0, 0.05) is 42.0 Å². The number of benzene rings is 2. The van der Waals surface area contributed by atoms with Gasteiger partial charge in [-0.15, -0.1) is 0 Å². The number of carbonyl (C=O) groups is 1. The van der Waals surface area contributed by atoms with Gasteiger partial charge < -0.3 is 19.4 Å². The second-order valence-corrected chi connectivity index (χ2v) is 8.66. The smallest absolute Gasteiger partial charge is 0.231 e. The molecule has 1 N–H and O–H groups in total. The monoisotopic (exact) mass is 418 g/mol. The van der Waals surface area contributed by atoms with Crippen LogP contribution in [-0.2, 0) is 11.3 Å². The first-order valence-electron chi connectivity index (χ1n) is 11.5. The lowest BCUT2D eigenvalue weighted by Gasteiger charge is -2.24. The SMILES string of the molecule is CCn1cc(C(CC(=O)NC2CCCCC2)c2ccc3c(c2)OCO3)c2ccccc21. The summed E-state index contributed by atoms with van der Waals surface area (Å²) in [6.07, 6.45) is 8.52. The number of hydrogen-bond acceptors (Lipinski definition) is 3. The maximum absolute atomic E-state index is 13.1. The second kappa shape index (κ2) is 8.66. The molecular formula is C26H30N2O3. The quantitative estimate of drug-likeness (QED) is 0.586. The van der Waals surface area contributed by atoms with Gasteiger partial charge in [-0.25, -0.2) is 0 Å². The standard InChI is InChI=1S/C26H30N2O3/c1-2-28-16-22(20-10-6-7-11-23(20)28)21(15-26(29)27-19-8-4-3-5-9-19)18-12-13-24-25(14-18)31-17-30-24/h6-7,10-14,16,19,21H,2-5,8-9,15,17H2,1H3,(H,27,29). The number of ether oxygens (including phenoxy) is 2. The number of para-hydroxylation sites is 1. The fraction of sp³-hybridized carbons (Fsp3) is 0.423. The van der Waals surface area contributed by atoms with E-state index in [2.05, 4.69) is 53.3 Å². The Kier molecular flexibility index (Phi) is 5.58. The van der Waals surface area contributed by atoms with Gasteiger partial charge in [0.2, 0.25) is 12.7 Å². The Hall–Kier alpha value is -2.95. The molecule has 1 aliphatic heterocycles. The first-order valence-corrected chi connectivity index (χ1v) is 11.5. The Labute approximate surface area is 183 Å². The van der Waals surface area contributed by atoms with Crippen LogP contribution >= 0.6 is 0 Å². The number of hydrogen-bond donors (Lipinski definition) is 1. The summed E-state index contributed by atoms with van der Waals surface area (Å²) in [5, 5.41) is 4.51. The lowest BCUT2D eigenvalue weighted by molar-refractivity contribution is -0.122. The van der Waals surface area contributed by atoms with Gasteiger partial charge in [0.15, 0.2) is 11.5 Å². The molecule has 1 fully saturated rings. The summed E-state index contributed by atoms with van der Waals surface area (Å²) in [6.45, 7) is 3.30. The van der Waals surface area contributed by atoms with Crippen molar-refractivity contribution in [1.29, 1.82) is 0 Å². The fourth-order valence-electron chi connectivity index (χ4n) is 5.07. The molecule has 1 saturated carbocycles. The van der Waals surface area contributed by atoms with Crippen molar-refractivity contribution in [3.05, 3.63) is 59.8 Å². The van der Waals surface area contributed by atoms with Crippen LogP contribution in [0.1, 0.15) is 62.5 Å². The van der Waals surface area contributed by atoms with Gasteiger partial charge in [-0.05, 0) is 49.1 Å². The van der Waals surface area contributed by atoms with E-state index in [9.17, 15) is 4.79 Å². The van der Waals surface area contributed by atoms with Crippen LogP contribution in [0, 0.1) is 0 Å². The van der Waals surface area contributed by atoms with E-state index in [0.717, 1.165) is 36.4 Å². The third kappa shape index (κ3) is 4.01. The topological polar surface area (TPSA) is 52.5 Å². The van der Waals surface area contributed by atoms with Crippen molar-refractivity contribution in [2.45, 2.75) is 64.0 Å². The number of aryl methyl sites for hydroxylation is 1. The summed E-state index contributed by atoms with van der Waals surface area (Å²) in [4.78, 5) is 13.1. The molecule has 0 bridgehead atoms. The predicted octanol–water partition coefficient (Wildman–Crippen LogP) is 5.36. The van der Waals surface area contributed by atoms with Crippen molar-refractivity contribution in [3.8, 4) is 11.5 Å². The number of nitrogens with one attached hydrogen (secondary N) is 1. The van der Waals surface area contributed by atoms with Crippen molar-refractivity contribution < 1.29 is 14.3 Å².